The van der Waals surface area contributed by atoms with E-state index in [1.54, 1.807) is 18.3 Å². The lowest BCUT2D eigenvalue weighted by molar-refractivity contribution is 0.610. The van der Waals surface area contributed by atoms with Crippen molar-refractivity contribution >= 4 is 39.2 Å². The molecular formula is C25H21ClN4O2. The summed E-state index contributed by atoms with van der Waals surface area (Å²) in [6.07, 6.45) is 1.76. The zero-order valence-electron chi connectivity index (χ0n) is 17.9. The number of H-pyrrole nitrogens is 1. The number of rotatable bonds is 4. The zero-order chi connectivity index (χ0) is 22.4. The van der Waals surface area contributed by atoms with Gasteiger partial charge in [-0.25, -0.2) is 4.98 Å². The molecule has 1 atom stereocenters. The van der Waals surface area contributed by atoms with Crippen molar-refractivity contribution in [3.8, 4) is 11.3 Å². The highest BCUT2D eigenvalue weighted by Gasteiger charge is 2.17. The summed E-state index contributed by atoms with van der Waals surface area (Å²) in [5, 5.41) is 12.5. The molecule has 1 unspecified atom stereocenters. The molecule has 32 heavy (non-hydrogen) atoms. The minimum absolute atomic E-state index is 0.0764. The quantitative estimate of drug-likeness (QED) is 0.323. The summed E-state index contributed by atoms with van der Waals surface area (Å²) in [5.74, 6) is 0.514. The van der Waals surface area contributed by atoms with Gasteiger partial charge in [-0.1, -0.05) is 29.8 Å². The number of nitrogens with zero attached hydrogens (tertiary/aromatic N) is 2. The number of nitrogens with one attached hydrogen (secondary N) is 2. The normalized spacial score (nSPS) is 12.4. The lowest BCUT2D eigenvalue weighted by Crippen LogP contribution is -2.11. The number of halogens is 1. The highest BCUT2D eigenvalue weighted by molar-refractivity contribution is 6.29. The maximum Gasteiger partial charge on any atom is 0.193 e. The number of benzene rings is 2. The Hall–Kier alpha value is -3.64. The predicted octanol–water partition coefficient (Wildman–Crippen LogP) is 6.17. The van der Waals surface area contributed by atoms with Crippen LogP contribution >= 0.6 is 11.6 Å². The van der Waals surface area contributed by atoms with Crippen LogP contribution in [-0.4, -0.2) is 15.2 Å². The van der Waals surface area contributed by atoms with Gasteiger partial charge in [-0.3, -0.25) is 9.89 Å². The van der Waals surface area contributed by atoms with Gasteiger partial charge in [0.2, 0.25) is 0 Å². The van der Waals surface area contributed by atoms with Crippen molar-refractivity contribution in [3.63, 3.8) is 0 Å². The zero-order valence-corrected chi connectivity index (χ0v) is 18.6. The van der Waals surface area contributed by atoms with Crippen molar-refractivity contribution < 1.29 is 4.42 Å². The van der Waals surface area contributed by atoms with Gasteiger partial charge in [-0.2, -0.15) is 5.10 Å². The third kappa shape index (κ3) is 3.63. The van der Waals surface area contributed by atoms with Crippen LogP contribution in [0, 0.1) is 13.8 Å². The van der Waals surface area contributed by atoms with E-state index in [-0.39, 0.29) is 11.5 Å². The molecule has 0 aliphatic heterocycles. The topological polar surface area (TPSA) is 83.8 Å². The summed E-state index contributed by atoms with van der Waals surface area (Å²) in [6.45, 7) is 5.91. The van der Waals surface area contributed by atoms with Crippen LogP contribution in [0.4, 0.5) is 5.69 Å². The number of aromatic nitrogens is 3. The van der Waals surface area contributed by atoms with Crippen LogP contribution in [0.15, 0.2) is 63.9 Å². The summed E-state index contributed by atoms with van der Waals surface area (Å²) in [7, 11) is 0. The third-order valence-corrected chi connectivity index (χ3v) is 5.83. The molecule has 2 N–H and O–H groups in total. The number of anilines is 1. The maximum atomic E-state index is 13.0. The fourth-order valence-electron chi connectivity index (χ4n) is 3.98. The number of hydrogen-bond acceptors (Lipinski definition) is 5. The molecule has 0 saturated heterocycles. The summed E-state index contributed by atoms with van der Waals surface area (Å²) >= 11 is 6.00. The second-order valence-corrected chi connectivity index (χ2v) is 8.40. The first-order chi connectivity index (χ1) is 15.4. The van der Waals surface area contributed by atoms with Crippen LogP contribution in [0.2, 0.25) is 5.15 Å². The first kappa shape index (κ1) is 20.3. The standard InChI is InChI=1S/C25H21ClN4O2/c1-13-8-18(14(2)28-20-6-7-24(26)29-15(20)3)25-19(9-13)22(31)11-23(32-25)16-4-5-17-12-27-30-21(17)10-16/h4-12,14,28H,1-3H3,(H,27,30). The van der Waals surface area contributed by atoms with Crippen LogP contribution in [0.5, 0.6) is 0 Å². The molecular weight excluding hydrogens is 424 g/mol. The second-order valence-electron chi connectivity index (χ2n) is 8.01. The largest absolute Gasteiger partial charge is 0.455 e. The number of pyridine rings is 1. The highest BCUT2D eigenvalue weighted by atomic mass is 35.5. The Kier molecular flexibility index (Phi) is 4.94. The number of fused-ring (bicyclic) bond motifs is 2. The van der Waals surface area contributed by atoms with E-state index in [2.05, 4.69) is 20.5 Å². The second kappa shape index (κ2) is 7.80. The van der Waals surface area contributed by atoms with E-state index >= 15 is 0 Å². The summed E-state index contributed by atoms with van der Waals surface area (Å²) in [4.78, 5) is 17.3. The van der Waals surface area contributed by atoms with Gasteiger partial charge in [0.25, 0.3) is 0 Å². The average Bonchev–Trinajstić information content (AvgIpc) is 3.23. The van der Waals surface area contributed by atoms with Crippen molar-refractivity contribution in [2.75, 3.05) is 5.32 Å². The minimum Gasteiger partial charge on any atom is -0.455 e. The van der Waals surface area contributed by atoms with Gasteiger partial charge in [-0.05, 0) is 50.6 Å². The molecule has 0 amide bonds. The molecule has 3 aromatic heterocycles. The number of hydrogen-bond donors (Lipinski definition) is 2. The van der Waals surface area contributed by atoms with E-state index in [4.69, 9.17) is 16.0 Å². The Labute approximate surface area is 189 Å². The van der Waals surface area contributed by atoms with E-state index in [0.717, 1.165) is 39.0 Å². The molecule has 2 aromatic carbocycles. The molecule has 5 aromatic rings. The van der Waals surface area contributed by atoms with Crippen LogP contribution in [-0.2, 0) is 0 Å². The molecule has 0 aliphatic carbocycles. The van der Waals surface area contributed by atoms with Crippen LogP contribution in [0.1, 0.15) is 29.8 Å². The predicted molar refractivity (Wildman–Crippen MR) is 128 cm³/mol. The molecule has 0 spiro atoms. The van der Waals surface area contributed by atoms with E-state index in [1.165, 1.54) is 0 Å². The Bertz CT molecular complexity index is 1540. The van der Waals surface area contributed by atoms with E-state index < -0.39 is 0 Å². The molecule has 0 fully saturated rings. The lowest BCUT2D eigenvalue weighted by Gasteiger charge is -2.19. The van der Waals surface area contributed by atoms with Crippen molar-refractivity contribution in [2.24, 2.45) is 0 Å². The summed E-state index contributed by atoms with van der Waals surface area (Å²) in [6, 6.07) is 14.8. The van der Waals surface area contributed by atoms with Crippen LogP contribution < -0.4 is 10.7 Å². The molecule has 160 valence electrons. The van der Waals surface area contributed by atoms with Gasteiger partial charge in [0.1, 0.15) is 16.5 Å². The molecule has 6 nitrogen and oxygen atoms in total. The van der Waals surface area contributed by atoms with Crippen LogP contribution in [0.3, 0.4) is 0 Å². The molecule has 0 radical (unpaired) electrons. The van der Waals surface area contributed by atoms with Crippen molar-refractivity contribution in [1.29, 1.82) is 0 Å². The van der Waals surface area contributed by atoms with Gasteiger partial charge < -0.3 is 9.73 Å². The Morgan fingerprint density at radius 2 is 1.94 bits per heavy atom. The van der Waals surface area contributed by atoms with E-state index in [1.807, 2.05) is 57.2 Å². The Morgan fingerprint density at radius 1 is 1.09 bits per heavy atom. The van der Waals surface area contributed by atoms with Crippen LogP contribution in [0.25, 0.3) is 33.2 Å². The molecule has 7 heteroatoms. The highest BCUT2D eigenvalue weighted by Crippen LogP contribution is 2.31. The minimum atomic E-state index is -0.132. The Morgan fingerprint density at radius 3 is 2.75 bits per heavy atom. The van der Waals surface area contributed by atoms with Gasteiger partial charge in [-0.15, -0.1) is 0 Å². The van der Waals surface area contributed by atoms with Crippen molar-refractivity contribution in [1.82, 2.24) is 15.2 Å². The monoisotopic (exact) mass is 444 g/mol. The van der Waals surface area contributed by atoms with E-state index in [9.17, 15) is 4.79 Å². The van der Waals surface area contributed by atoms with E-state index in [0.29, 0.717) is 21.9 Å². The van der Waals surface area contributed by atoms with Gasteiger partial charge in [0.15, 0.2) is 5.43 Å². The van der Waals surface area contributed by atoms with Gasteiger partial charge >= 0.3 is 0 Å². The number of aromatic amines is 1. The van der Waals surface area contributed by atoms with Gasteiger partial charge in [0.05, 0.1) is 34.5 Å². The SMILES string of the molecule is Cc1cc(C(C)Nc2ccc(Cl)nc2C)c2oc(-c3ccc4cn[nH]c4c3)cc(=O)c2c1. The molecule has 5 rings (SSSR count). The van der Waals surface area contributed by atoms with Gasteiger partial charge in [0, 0.05) is 22.6 Å². The molecule has 0 saturated carbocycles. The summed E-state index contributed by atoms with van der Waals surface area (Å²) < 4.78 is 6.34. The first-order valence-electron chi connectivity index (χ1n) is 10.3. The number of aryl methyl sites for hydroxylation is 2. The fourth-order valence-corrected chi connectivity index (χ4v) is 4.17. The average molecular weight is 445 g/mol. The maximum absolute atomic E-state index is 13.0. The summed E-state index contributed by atoms with van der Waals surface area (Å²) in [5.41, 5.74) is 5.76. The van der Waals surface area contributed by atoms with Crippen molar-refractivity contribution in [2.45, 2.75) is 26.8 Å². The molecule has 0 bridgehead atoms. The molecule has 0 aliphatic rings. The Balaban J connectivity index is 1.64. The van der Waals surface area contributed by atoms with Crippen molar-refractivity contribution in [3.05, 3.63) is 86.9 Å². The third-order valence-electron chi connectivity index (χ3n) is 5.62. The lowest BCUT2D eigenvalue weighted by atomic mass is 10.0. The fraction of sp³-hybridized carbons (Fsp3) is 0.160. The smallest absolute Gasteiger partial charge is 0.193 e. The molecule has 3 heterocycles. The first-order valence-corrected chi connectivity index (χ1v) is 10.7.